The number of imidazole rings is 2. The summed E-state index contributed by atoms with van der Waals surface area (Å²) in [6, 6.07) is 19.4. The predicted molar refractivity (Wildman–Crippen MR) is 214 cm³/mol. The molecule has 0 spiro atoms. The lowest BCUT2D eigenvalue weighted by Gasteiger charge is -2.12. The Bertz CT molecular complexity index is 2220. The Kier molecular flexibility index (Phi) is 14.4. The Morgan fingerprint density at radius 2 is 1.13 bits per heavy atom. The van der Waals surface area contributed by atoms with Crippen molar-refractivity contribution in [2.45, 2.75) is 13.8 Å². The maximum Gasteiger partial charge on any atom is 0.246 e. The lowest BCUT2D eigenvalue weighted by atomic mass is 10.1. The van der Waals surface area contributed by atoms with E-state index in [2.05, 4.69) is 50.6 Å². The molecule has 2 aromatic heterocycles. The van der Waals surface area contributed by atoms with Crippen LogP contribution in [0.5, 0.6) is 23.0 Å². The van der Waals surface area contributed by atoms with Crippen LogP contribution in [0, 0.1) is 13.8 Å². The second kappa shape index (κ2) is 19.5. The molecular weight excluding hydrogens is 703 g/mol. The molecule has 0 aliphatic rings. The molecule has 6 rings (SSSR count). The van der Waals surface area contributed by atoms with Crippen LogP contribution in [0.3, 0.4) is 0 Å². The van der Waals surface area contributed by atoms with Crippen LogP contribution in [-0.2, 0) is 0 Å². The van der Waals surface area contributed by atoms with Gasteiger partial charge >= 0.3 is 0 Å². The molecule has 0 saturated heterocycles. The zero-order valence-electron chi connectivity index (χ0n) is 31.9. The van der Waals surface area contributed by atoms with Crippen molar-refractivity contribution < 1.29 is 19.7 Å². The molecule has 6 N–H and O–H groups in total. The predicted octanol–water partition coefficient (Wildman–Crippen LogP) is 9.51. The van der Waals surface area contributed by atoms with E-state index in [-0.39, 0.29) is 5.75 Å². The van der Waals surface area contributed by atoms with E-state index < -0.39 is 0 Å². The highest BCUT2D eigenvalue weighted by molar-refractivity contribution is 5.65. The molecule has 0 bridgehead atoms. The number of phenolic OH excluding ortho intramolecular Hbond substituents is 2. The van der Waals surface area contributed by atoms with Crippen LogP contribution in [0.2, 0.25) is 0 Å². The minimum Gasteiger partial charge on any atom is -0.508 e. The normalized spacial score (nSPS) is 10.9. The van der Waals surface area contributed by atoms with Crippen LogP contribution in [0.25, 0.3) is 0 Å². The minimum absolute atomic E-state index is 0.0587. The Labute approximate surface area is 319 Å². The van der Waals surface area contributed by atoms with Crippen molar-refractivity contribution in [1.29, 1.82) is 0 Å². The van der Waals surface area contributed by atoms with E-state index >= 15 is 0 Å². The molecule has 0 atom stereocenters. The smallest absolute Gasteiger partial charge is 0.246 e. The number of aromatic hydroxyl groups is 2. The number of anilines is 3. The number of hydrogen-bond acceptors (Lipinski definition) is 15. The number of aromatic nitrogens is 4. The van der Waals surface area contributed by atoms with Crippen LogP contribution in [0.4, 0.5) is 51.7 Å². The number of ether oxygens (including phenoxy) is 2. The van der Waals surface area contributed by atoms with Gasteiger partial charge in [-0.15, -0.1) is 25.6 Å². The number of rotatable bonds is 10. The van der Waals surface area contributed by atoms with Crippen LogP contribution in [-0.4, -0.2) is 72.6 Å². The zero-order valence-corrected chi connectivity index (χ0v) is 31.9. The Hall–Kier alpha value is -7.30. The SMILES string of the molecule is CN(C)c1cccc(O)c1.COc1cc(N)c(C)cc1N=Nc1ncc[nH]1.COc1cc(N=Nc2ccc(N(C)C)cc2O)c(C)cc1N=Nc1ncc[nH]1. The lowest BCUT2D eigenvalue weighted by Crippen LogP contribution is -2.07. The maximum atomic E-state index is 10.2. The van der Waals surface area contributed by atoms with Crippen molar-refractivity contribution in [3.8, 4) is 23.0 Å². The van der Waals surface area contributed by atoms with Gasteiger partial charge < -0.3 is 45.2 Å². The largest absolute Gasteiger partial charge is 0.508 e. The monoisotopic (exact) mass is 747 g/mol. The van der Waals surface area contributed by atoms with Gasteiger partial charge in [-0.25, -0.2) is 9.97 Å². The summed E-state index contributed by atoms with van der Waals surface area (Å²) in [5.74, 6) is 2.31. The van der Waals surface area contributed by atoms with Gasteiger partial charge in [0.25, 0.3) is 0 Å². The minimum atomic E-state index is 0.0587. The molecule has 4 aromatic carbocycles. The van der Waals surface area contributed by atoms with Crippen molar-refractivity contribution in [1.82, 2.24) is 19.9 Å². The third-order valence-electron chi connectivity index (χ3n) is 7.62. The molecule has 0 amide bonds. The third kappa shape index (κ3) is 11.9. The Morgan fingerprint density at radius 3 is 1.62 bits per heavy atom. The number of nitrogens with one attached hydrogen (secondary N) is 2. The molecule has 0 radical (unpaired) electrons. The number of nitrogens with two attached hydrogens (primary N) is 1. The third-order valence-corrected chi connectivity index (χ3v) is 7.62. The fourth-order valence-corrected chi connectivity index (χ4v) is 4.52. The van der Waals surface area contributed by atoms with Crippen LogP contribution in [0.1, 0.15) is 11.1 Å². The highest BCUT2D eigenvalue weighted by Crippen LogP contribution is 2.38. The maximum absolute atomic E-state index is 10.2. The Morgan fingerprint density at radius 1 is 0.600 bits per heavy atom. The number of hydrogen-bond donors (Lipinski definition) is 5. The van der Waals surface area contributed by atoms with E-state index in [9.17, 15) is 5.11 Å². The number of H-pyrrole nitrogens is 2. The van der Waals surface area contributed by atoms with Crippen molar-refractivity contribution in [3.05, 3.63) is 103 Å². The summed E-state index contributed by atoms with van der Waals surface area (Å²) < 4.78 is 10.6. The quantitative estimate of drug-likeness (QED) is 0.0663. The fourth-order valence-electron chi connectivity index (χ4n) is 4.52. The highest BCUT2D eigenvalue weighted by Gasteiger charge is 2.10. The number of methoxy groups -OCH3 is 2. The molecule has 17 nitrogen and oxygen atoms in total. The van der Waals surface area contributed by atoms with E-state index in [0.29, 0.717) is 57.6 Å². The average Bonchev–Trinajstić information content (AvgIpc) is 3.90. The summed E-state index contributed by atoms with van der Waals surface area (Å²) in [7, 11) is 10.8. The molecule has 17 heteroatoms. The van der Waals surface area contributed by atoms with Gasteiger partial charge in [-0.3, -0.25) is 0 Å². The summed E-state index contributed by atoms with van der Waals surface area (Å²) >= 11 is 0. The number of nitrogens with zero attached hydrogens (tertiary/aromatic N) is 10. The van der Waals surface area contributed by atoms with Gasteiger partial charge in [0, 0.05) is 94.3 Å². The van der Waals surface area contributed by atoms with Gasteiger partial charge in [-0.2, -0.15) is 5.11 Å². The number of aryl methyl sites for hydroxylation is 2. The van der Waals surface area contributed by atoms with Gasteiger partial charge in [0.15, 0.2) is 0 Å². The molecule has 0 fully saturated rings. The fraction of sp³-hybridized carbons (Fsp3) is 0.211. The highest BCUT2D eigenvalue weighted by atomic mass is 16.5. The standard InChI is InChI=1S/C19H21N7O2.C11H13N5O.C8H11NO/c1-12-9-16(24-25-19-20-7-8-21-19)18(28-4)11-15(12)23-22-14-6-5-13(26(2)3)10-17(14)27;1-7-5-9(10(17-2)6-8(7)12)15-16-11-13-3-4-14-11;1-9(2)7-4-3-5-8(10)6-7/h5-11,27H,1-4H3,(H,20,21);3-6H,12H2,1-2H3,(H,13,14);3-6,10H,1-2H3. The van der Waals surface area contributed by atoms with Crippen molar-refractivity contribution >= 4 is 51.7 Å². The summed E-state index contributed by atoms with van der Waals surface area (Å²) in [5.41, 5.74) is 12.3. The topological polar surface area (TPSA) is 223 Å². The van der Waals surface area contributed by atoms with Gasteiger partial charge in [-0.1, -0.05) is 6.07 Å². The zero-order chi connectivity index (χ0) is 39.9. The van der Waals surface area contributed by atoms with Crippen LogP contribution in [0.15, 0.2) is 122 Å². The lowest BCUT2D eigenvalue weighted by molar-refractivity contribution is 0.416. The van der Waals surface area contributed by atoms with Gasteiger partial charge in [0.1, 0.15) is 40.1 Å². The summed E-state index contributed by atoms with van der Waals surface area (Å²) in [4.78, 5) is 17.5. The summed E-state index contributed by atoms with van der Waals surface area (Å²) in [6.07, 6.45) is 6.56. The van der Waals surface area contributed by atoms with Gasteiger partial charge in [0.05, 0.1) is 19.9 Å². The van der Waals surface area contributed by atoms with Crippen LogP contribution >= 0.6 is 0 Å². The summed E-state index contributed by atoms with van der Waals surface area (Å²) in [5, 5.41) is 43.8. The molecule has 55 heavy (non-hydrogen) atoms. The van der Waals surface area contributed by atoms with E-state index in [1.807, 2.05) is 76.1 Å². The first kappa shape index (κ1) is 40.5. The number of aromatic amines is 2. The Balaban J connectivity index is 0.000000210. The molecule has 0 aliphatic heterocycles. The second-order valence-corrected chi connectivity index (χ2v) is 12.1. The van der Waals surface area contributed by atoms with E-state index in [0.717, 1.165) is 22.5 Å². The van der Waals surface area contributed by atoms with E-state index in [4.69, 9.17) is 20.3 Å². The first-order valence-corrected chi connectivity index (χ1v) is 16.7. The number of benzene rings is 4. The van der Waals surface area contributed by atoms with Crippen molar-refractivity contribution in [2.75, 3.05) is 57.9 Å². The molecular formula is C38H45N13O4. The second-order valence-electron chi connectivity index (χ2n) is 12.1. The van der Waals surface area contributed by atoms with Crippen molar-refractivity contribution in [3.63, 3.8) is 0 Å². The van der Waals surface area contributed by atoms with Crippen LogP contribution < -0.4 is 25.0 Å². The molecule has 0 aliphatic carbocycles. The average molecular weight is 748 g/mol. The van der Waals surface area contributed by atoms with E-state index in [1.165, 1.54) is 0 Å². The van der Waals surface area contributed by atoms with Gasteiger partial charge in [0.2, 0.25) is 11.9 Å². The molecule has 286 valence electrons. The first-order valence-electron chi connectivity index (χ1n) is 16.7. The molecule has 2 heterocycles. The molecule has 0 unspecified atom stereocenters. The summed E-state index contributed by atoms with van der Waals surface area (Å²) in [6.45, 7) is 3.79. The molecule has 0 saturated carbocycles. The number of phenols is 2. The number of azo groups is 3. The number of nitrogen functional groups attached to an aromatic ring is 1. The van der Waals surface area contributed by atoms with Crippen molar-refractivity contribution in [2.24, 2.45) is 30.7 Å². The van der Waals surface area contributed by atoms with Gasteiger partial charge in [-0.05, 0) is 61.4 Å². The molecule has 6 aromatic rings. The van der Waals surface area contributed by atoms with E-state index in [1.54, 1.807) is 81.5 Å². The first-order chi connectivity index (χ1) is 26.4.